The minimum absolute atomic E-state index is 0.000371. The Balaban J connectivity index is 1.36. The van der Waals surface area contributed by atoms with Gasteiger partial charge in [-0.25, -0.2) is 9.18 Å². The number of nitrogens with zero attached hydrogens (tertiary/aromatic N) is 2. The minimum atomic E-state index is -0.266. The molecule has 3 amide bonds. The summed E-state index contributed by atoms with van der Waals surface area (Å²) in [6.45, 7) is 1.71. The predicted molar refractivity (Wildman–Crippen MR) is 99.8 cm³/mol. The molecule has 6 nitrogen and oxygen atoms in total. The number of carbonyl (C=O) groups is 2. The molecule has 1 saturated heterocycles. The van der Waals surface area contributed by atoms with Crippen molar-refractivity contribution in [2.45, 2.75) is 25.3 Å². The highest BCUT2D eigenvalue weighted by molar-refractivity contribution is 5.94. The van der Waals surface area contributed by atoms with Crippen molar-refractivity contribution in [3.8, 4) is 0 Å². The lowest BCUT2D eigenvalue weighted by atomic mass is 10.0. The smallest absolute Gasteiger partial charge is 0.315 e. The number of amides is 3. The SMILES string of the molecule is O=C(NCCc1ccc(F)cc1)NC1CCN(C(=O)c2ccncc2)CC1. The van der Waals surface area contributed by atoms with Crippen molar-refractivity contribution in [1.82, 2.24) is 20.5 Å². The first-order chi connectivity index (χ1) is 13.1. The zero-order valence-corrected chi connectivity index (χ0v) is 15.0. The topological polar surface area (TPSA) is 74.3 Å². The average Bonchev–Trinajstić information content (AvgIpc) is 2.70. The van der Waals surface area contributed by atoms with E-state index in [1.807, 2.05) is 0 Å². The van der Waals surface area contributed by atoms with Crippen LogP contribution in [0.15, 0.2) is 48.8 Å². The van der Waals surface area contributed by atoms with Crippen molar-refractivity contribution in [3.05, 3.63) is 65.7 Å². The van der Waals surface area contributed by atoms with Gasteiger partial charge in [-0.15, -0.1) is 0 Å². The highest BCUT2D eigenvalue weighted by Gasteiger charge is 2.24. The van der Waals surface area contributed by atoms with Crippen molar-refractivity contribution in [2.24, 2.45) is 0 Å². The maximum Gasteiger partial charge on any atom is 0.315 e. The fraction of sp³-hybridized carbons (Fsp3) is 0.350. The Morgan fingerprint density at radius 2 is 1.74 bits per heavy atom. The Hall–Kier alpha value is -2.96. The normalized spacial score (nSPS) is 14.6. The van der Waals surface area contributed by atoms with Crippen molar-refractivity contribution in [3.63, 3.8) is 0 Å². The molecule has 1 fully saturated rings. The second kappa shape index (κ2) is 9.12. The van der Waals surface area contributed by atoms with Crippen LogP contribution in [0.2, 0.25) is 0 Å². The number of hydrogen-bond donors (Lipinski definition) is 2. The molecule has 7 heteroatoms. The number of pyridine rings is 1. The molecule has 0 atom stereocenters. The van der Waals surface area contributed by atoms with E-state index in [2.05, 4.69) is 15.6 Å². The molecule has 0 spiro atoms. The molecule has 2 heterocycles. The van der Waals surface area contributed by atoms with E-state index in [1.165, 1.54) is 12.1 Å². The molecule has 2 aromatic rings. The lowest BCUT2D eigenvalue weighted by Crippen LogP contribution is -2.49. The van der Waals surface area contributed by atoms with E-state index in [0.717, 1.165) is 18.4 Å². The van der Waals surface area contributed by atoms with Crippen LogP contribution < -0.4 is 10.6 Å². The summed E-state index contributed by atoms with van der Waals surface area (Å²) in [5, 5.41) is 5.78. The van der Waals surface area contributed by atoms with Gasteiger partial charge in [0.15, 0.2) is 0 Å². The van der Waals surface area contributed by atoms with Gasteiger partial charge in [-0.2, -0.15) is 0 Å². The maximum atomic E-state index is 12.9. The van der Waals surface area contributed by atoms with Crippen LogP contribution >= 0.6 is 0 Å². The first-order valence-corrected chi connectivity index (χ1v) is 9.10. The highest BCUT2D eigenvalue weighted by atomic mass is 19.1. The molecule has 142 valence electrons. The summed E-state index contributed by atoms with van der Waals surface area (Å²) in [5.74, 6) is -0.266. The number of nitrogens with one attached hydrogen (secondary N) is 2. The number of aromatic nitrogens is 1. The molecule has 3 rings (SSSR count). The molecule has 1 aromatic heterocycles. The number of likely N-dealkylation sites (tertiary alicyclic amines) is 1. The second-order valence-corrected chi connectivity index (χ2v) is 6.58. The zero-order valence-electron chi connectivity index (χ0n) is 15.0. The monoisotopic (exact) mass is 370 g/mol. The van der Waals surface area contributed by atoms with Gasteiger partial charge in [0.2, 0.25) is 0 Å². The van der Waals surface area contributed by atoms with Crippen molar-refractivity contribution in [2.75, 3.05) is 19.6 Å². The lowest BCUT2D eigenvalue weighted by Gasteiger charge is -2.32. The van der Waals surface area contributed by atoms with Crippen LogP contribution in [0.4, 0.5) is 9.18 Å². The molecule has 1 aromatic carbocycles. The number of hydrogen-bond acceptors (Lipinski definition) is 3. The fourth-order valence-corrected chi connectivity index (χ4v) is 3.11. The number of carbonyl (C=O) groups excluding carboxylic acids is 2. The van der Waals surface area contributed by atoms with E-state index in [-0.39, 0.29) is 23.8 Å². The Labute approximate surface area is 157 Å². The van der Waals surface area contributed by atoms with Crippen molar-refractivity contribution in [1.29, 1.82) is 0 Å². The Morgan fingerprint density at radius 1 is 1.07 bits per heavy atom. The van der Waals surface area contributed by atoms with E-state index in [4.69, 9.17) is 0 Å². The summed E-state index contributed by atoms with van der Waals surface area (Å²) in [5.41, 5.74) is 1.61. The quantitative estimate of drug-likeness (QED) is 0.849. The standard InChI is InChI=1S/C20H23FN4O2/c21-17-3-1-15(2-4-17)5-12-23-20(27)24-18-8-13-25(14-9-18)19(26)16-6-10-22-11-7-16/h1-4,6-7,10-11,18H,5,8-9,12-14H2,(H2,23,24,27). The van der Waals surface area contributed by atoms with Gasteiger partial charge in [0.05, 0.1) is 0 Å². The van der Waals surface area contributed by atoms with Gasteiger partial charge in [0.1, 0.15) is 5.82 Å². The van der Waals surface area contributed by atoms with Crippen molar-refractivity contribution >= 4 is 11.9 Å². The molecule has 1 aliphatic rings. The van der Waals surface area contributed by atoms with E-state index < -0.39 is 0 Å². The summed E-state index contributed by atoms with van der Waals surface area (Å²) in [7, 11) is 0. The van der Waals surface area contributed by atoms with Crippen LogP contribution in [0.3, 0.4) is 0 Å². The van der Waals surface area contributed by atoms with E-state index in [0.29, 0.717) is 31.6 Å². The van der Waals surface area contributed by atoms with Gasteiger partial charge in [-0.1, -0.05) is 12.1 Å². The largest absolute Gasteiger partial charge is 0.338 e. The van der Waals surface area contributed by atoms with Crippen LogP contribution in [-0.4, -0.2) is 47.5 Å². The molecule has 0 saturated carbocycles. The molecular weight excluding hydrogens is 347 g/mol. The second-order valence-electron chi connectivity index (χ2n) is 6.58. The van der Waals surface area contributed by atoms with E-state index >= 15 is 0 Å². The fourth-order valence-electron chi connectivity index (χ4n) is 3.11. The molecule has 1 aliphatic heterocycles. The predicted octanol–water partition coefficient (Wildman–Crippen LogP) is 2.37. The number of rotatable bonds is 5. The van der Waals surface area contributed by atoms with Gasteiger partial charge < -0.3 is 15.5 Å². The number of benzene rings is 1. The third kappa shape index (κ3) is 5.51. The van der Waals surface area contributed by atoms with Gasteiger partial charge in [0, 0.05) is 43.6 Å². The van der Waals surface area contributed by atoms with Crippen LogP contribution in [0.1, 0.15) is 28.8 Å². The summed E-state index contributed by atoms with van der Waals surface area (Å²) >= 11 is 0. The van der Waals surface area contributed by atoms with E-state index in [1.54, 1.807) is 41.6 Å². The Morgan fingerprint density at radius 3 is 2.41 bits per heavy atom. The first kappa shape index (κ1) is 18.8. The number of urea groups is 1. The van der Waals surface area contributed by atoms with Gasteiger partial charge in [-0.3, -0.25) is 9.78 Å². The molecule has 0 radical (unpaired) electrons. The number of halogens is 1. The highest BCUT2D eigenvalue weighted by Crippen LogP contribution is 2.13. The Bertz CT molecular complexity index is 759. The molecule has 2 N–H and O–H groups in total. The average molecular weight is 370 g/mol. The maximum absolute atomic E-state index is 12.9. The van der Waals surface area contributed by atoms with Gasteiger partial charge in [0.25, 0.3) is 5.91 Å². The first-order valence-electron chi connectivity index (χ1n) is 9.10. The summed E-state index contributed by atoms with van der Waals surface area (Å²) in [6, 6.07) is 9.51. The van der Waals surface area contributed by atoms with Gasteiger partial charge >= 0.3 is 6.03 Å². The minimum Gasteiger partial charge on any atom is -0.338 e. The summed E-state index contributed by atoms with van der Waals surface area (Å²) in [4.78, 5) is 30.2. The van der Waals surface area contributed by atoms with Crippen LogP contribution in [0.25, 0.3) is 0 Å². The molecule has 0 aliphatic carbocycles. The lowest BCUT2D eigenvalue weighted by molar-refractivity contribution is 0.0708. The number of piperidine rings is 1. The third-order valence-electron chi connectivity index (χ3n) is 4.66. The molecule has 0 bridgehead atoms. The molecule has 27 heavy (non-hydrogen) atoms. The van der Waals surface area contributed by atoms with Gasteiger partial charge in [-0.05, 0) is 49.1 Å². The van der Waals surface area contributed by atoms with Crippen LogP contribution in [-0.2, 0) is 6.42 Å². The Kier molecular flexibility index (Phi) is 6.35. The molecule has 0 unspecified atom stereocenters. The molecular formula is C20H23FN4O2. The van der Waals surface area contributed by atoms with Crippen LogP contribution in [0.5, 0.6) is 0 Å². The zero-order chi connectivity index (χ0) is 19.1. The van der Waals surface area contributed by atoms with Crippen LogP contribution in [0, 0.1) is 5.82 Å². The van der Waals surface area contributed by atoms with E-state index in [9.17, 15) is 14.0 Å². The summed E-state index contributed by atoms with van der Waals surface area (Å²) in [6.07, 6.45) is 5.31. The third-order valence-corrected chi connectivity index (χ3v) is 4.66. The summed E-state index contributed by atoms with van der Waals surface area (Å²) < 4.78 is 12.9. The van der Waals surface area contributed by atoms with Crippen molar-refractivity contribution < 1.29 is 14.0 Å².